The molecule has 2 atom stereocenters. The third kappa shape index (κ3) is 4.97. The van der Waals surface area contributed by atoms with E-state index in [0.717, 1.165) is 24.3 Å². The molecule has 0 amide bonds. The molecule has 2 fully saturated rings. The molecule has 0 aromatic carbocycles. The molecule has 2 saturated carbocycles. The average molecular weight is 238 g/mol. The maximum Gasteiger partial charge on any atom is 0.0167 e. The van der Waals surface area contributed by atoms with Gasteiger partial charge in [0.1, 0.15) is 0 Å². The molecule has 0 aromatic rings. The van der Waals surface area contributed by atoms with Crippen LogP contribution in [0.5, 0.6) is 0 Å². The summed E-state index contributed by atoms with van der Waals surface area (Å²) in [7, 11) is 0. The number of hydrogen-bond donors (Lipinski definition) is 2. The van der Waals surface area contributed by atoms with Crippen molar-refractivity contribution in [1.82, 2.24) is 5.32 Å². The Bertz CT molecular complexity index is 207. The normalized spacial score (nSPS) is 25.8. The Kier molecular flexibility index (Phi) is 5.30. The molecule has 0 saturated heterocycles. The number of hydrogen-bond acceptors (Lipinski definition) is 2. The van der Waals surface area contributed by atoms with E-state index in [2.05, 4.69) is 12.2 Å². The summed E-state index contributed by atoms with van der Waals surface area (Å²) >= 11 is 0. The van der Waals surface area contributed by atoms with Crippen LogP contribution in [-0.4, -0.2) is 19.1 Å². The van der Waals surface area contributed by atoms with Crippen LogP contribution in [0.4, 0.5) is 0 Å². The lowest BCUT2D eigenvalue weighted by molar-refractivity contribution is 0.311. The zero-order valence-corrected chi connectivity index (χ0v) is 11.5. The van der Waals surface area contributed by atoms with Crippen molar-refractivity contribution in [2.75, 3.05) is 13.1 Å². The van der Waals surface area contributed by atoms with Crippen LogP contribution in [0.1, 0.15) is 58.3 Å². The molecule has 2 heteroatoms. The fraction of sp³-hybridized carbons (Fsp3) is 1.00. The lowest BCUT2D eigenvalue weighted by Crippen LogP contribution is -2.37. The molecule has 100 valence electrons. The quantitative estimate of drug-likeness (QED) is 0.715. The third-order valence-corrected chi connectivity index (χ3v) is 4.66. The summed E-state index contributed by atoms with van der Waals surface area (Å²) in [6.45, 7) is 4.56. The van der Waals surface area contributed by atoms with E-state index in [-0.39, 0.29) is 0 Å². The van der Waals surface area contributed by atoms with Gasteiger partial charge in [0.25, 0.3) is 0 Å². The number of nitrogens with one attached hydrogen (secondary N) is 1. The monoisotopic (exact) mass is 238 g/mol. The van der Waals surface area contributed by atoms with Gasteiger partial charge in [-0.15, -0.1) is 0 Å². The van der Waals surface area contributed by atoms with Crippen LogP contribution in [0.15, 0.2) is 0 Å². The first-order valence-corrected chi connectivity index (χ1v) is 7.72. The highest BCUT2D eigenvalue weighted by atomic mass is 14.9. The summed E-state index contributed by atoms with van der Waals surface area (Å²) in [5.74, 6) is 2.79. The second kappa shape index (κ2) is 6.75. The maximum absolute atomic E-state index is 6.22. The molecule has 2 aliphatic carbocycles. The van der Waals surface area contributed by atoms with Crippen molar-refractivity contribution in [3.8, 4) is 0 Å². The SMILES string of the molecule is CC(CNCC(N)CC1CCCCC1)C1CC1. The molecule has 0 bridgehead atoms. The van der Waals surface area contributed by atoms with Crippen LogP contribution >= 0.6 is 0 Å². The average Bonchev–Trinajstić information content (AvgIpc) is 3.14. The molecule has 0 aliphatic heterocycles. The van der Waals surface area contributed by atoms with Crippen molar-refractivity contribution in [3.63, 3.8) is 0 Å². The van der Waals surface area contributed by atoms with Crippen molar-refractivity contribution in [1.29, 1.82) is 0 Å². The number of rotatable bonds is 7. The van der Waals surface area contributed by atoms with Gasteiger partial charge in [-0.25, -0.2) is 0 Å². The molecule has 17 heavy (non-hydrogen) atoms. The summed E-state index contributed by atoms with van der Waals surface area (Å²) in [5, 5.41) is 3.57. The van der Waals surface area contributed by atoms with Crippen LogP contribution in [0.2, 0.25) is 0 Å². The van der Waals surface area contributed by atoms with E-state index < -0.39 is 0 Å². The van der Waals surface area contributed by atoms with Gasteiger partial charge >= 0.3 is 0 Å². The molecule has 0 heterocycles. The first kappa shape index (κ1) is 13.4. The van der Waals surface area contributed by atoms with Gasteiger partial charge in [-0.05, 0) is 43.6 Å². The number of nitrogens with two attached hydrogens (primary N) is 1. The van der Waals surface area contributed by atoms with Gasteiger partial charge in [0, 0.05) is 12.6 Å². The summed E-state index contributed by atoms with van der Waals surface area (Å²) in [6, 6.07) is 0.379. The molecule has 0 radical (unpaired) electrons. The predicted molar refractivity (Wildman–Crippen MR) is 73.9 cm³/mol. The molecule has 2 unspecified atom stereocenters. The molecule has 2 aliphatic rings. The van der Waals surface area contributed by atoms with E-state index in [0.29, 0.717) is 6.04 Å². The van der Waals surface area contributed by atoms with Crippen molar-refractivity contribution >= 4 is 0 Å². The first-order chi connectivity index (χ1) is 8.25. The van der Waals surface area contributed by atoms with E-state index in [1.165, 1.54) is 57.9 Å². The highest BCUT2D eigenvalue weighted by molar-refractivity contribution is 4.80. The van der Waals surface area contributed by atoms with Gasteiger partial charge in [-0.1, -0.05) is 39.0 Å². The van der Waals surface area contributed by atoms with E-state index >= 15 is 0 Å². The van der Waals surface area contributed by atoms with Crippen molar-refractivity contribution < 1.29 is 0 Å². The van der Waals surface area contributed by atoms with Crippen molar-refractivity contribution in [3.05, 3.63) is 0 Å². The minimum atomic E-state index is 0.379. The fourth-order valence-electron chi connectivity index (χ4n) is 3.26. The van der Waals surface area contributed by atoms with Crippen LogP contribution in [0, 0.1) is 17.8 Å². The summed E-state index contributed by atoms with van der Waals surface area (Å²) in [6.07, 6.45) is 11.3. The molecular formula is C15H30N2. The Morgan fingerprint density at radius 3 is 2.41 bits per heavy atom. The summed E-state index contributed by atoms with van der Waals surface area (Å²) in [5.41, 5.74) is 6.22. The lowest BCUT2D eigenvalue weighted by Gasteiger charge is -2.25. The highest BCUT2D eigenvalue weighted by Gasteiger charge is 2.27. The maximum atomic E-state index is 6.22. The van der Waals surface area contributed by atoms with E-state index in [9.17, 15) is 0 Å². The second-order valence-electron chi connectivity index (χ2n) is 6.47. The van der Waals surface area contributed by atoms with Gasteiger partial charge in [0.05, 0.1) is 0 Å². The van der Waals surface area contributed by atoms with Crippen molar-refractivity contribution in [2.45, 2.75) is 64.3 Å². The summed E-state index contributed by atoms with van der Waals surface area (Å²) in [4.78, 5) is 0. The molecule has 0 spiro atoms. The Morgan fingerprint density at radius 2 is 1.76 bits per heavy atom. The standard InChI is InChI=1S/C15H30N2/c1-12(14-7-8-14)10-17-11-15(16)9-13-5-3-2-4-6-13/h12-15,17H,2-11,16H2,1H3. The van der Waals surface area contributed by atoms with Gasteiger partial charge in [0.2, 0.25) is 0 Å². The van der Waals surface area contributed by atoms with E-state index in [1.807, 2.05) is 0 Å². The van der Waals surface area contributed by atoms with Gasteiger partial charge in [-0.3, -0.25) is 0 Å². The summed E-state index contributed by atoms with van der Waals surface area (Å²) < 4.78 is 0. The minimum absolute atomic E-state index is 0.379. The van der Waals surface area contributed by atoms with Gasteiger partial charge < -0.3 is 11.1 Å². The van der Waals surface area contributed by atoms with E-state index in [1.54, 1.807) is 0 Å². The second-order valence-corrected chi connectivity index (χ2v) is 6.47. The molecule has 2 nitrogen and oxygen atoms in total. The topological polar surface area (TPSA) is 38.0 Å². The van der Waals surface area contributed by atoms with Crippen LogP contribution in [0.25, 0.3) is 0 Å². The van der Waals surface area contributed by atoms with Gasteiger partial charge in [0.15, 0.2) is 0 Å². The highest BCUT2D eigenvalue weighted by Crippen LogP contribution is 2.36. The smallest absolute Gasteiger partial charge is 0.0167 e. The molecule has 0 aromatic heterocycles. The zero-order valence-electron chi connectivity index (χ0n) is 11.5. The largest absolute Gasteiger partial charge is 0.327 e. The van der Waals surface area contributed by atoms with Gasteiger partial charge in [-0.2, -0.15) is 0 Å². The molecular weight excluding hydrogens is 208 g/mol. The zero-order chi connectivity index (χ0) is 12.1. The fourth-order valence-corrected chi connectivity index (χ4v) is 3.26. The van der Waals surface area contributed by atoms with Crippen LogP contribution < -0.4 is 11.1 Å². The lowest BCUT2D eigenvalue weighted by atomic mass is 9.85. The van der Waals surface area contributed by atoms with E-state index in [4.69, 9.17) is 5.73 Å². The Labute approximate surface area is 107 Å². The van der Waals surface area contributed by atoms with Crippen LogP contribution in [-0.2, 0) is 0 Å². The molecule has 3 N–H and O–H groups in total. The van der Waals surface area contributed by atoms with Crippen molar-refractivity contribution in [2.24, 2.45) is 23.5 Å². The van der Waals surface area contributed by atoms with Crippen LogP contribution in [0.3, 0.4) is 0 Å². The third-order valence-electron chi connectivity index (χ3n) is 4.66. The first-order valence-electron chi connectivity index (χ1n) is 7.72. The Hall–Kier alpha value is -0.0800. The molecule has 2 rings (SSSR count). The predicted octanol–water partition coefficient (Wildman–Crippen LogP) is 2.92. The Balaban J connectivity index is 1.51. The minimum Gasteiger partial charge on any atom is -0.327 e. The Morgan fingerprint density at radius 1 is 1.06 bits per heavy atom.